The van der Waals surface area contributed by atoms with Gasteiger partial charge in [-0.3, -0.25) is 4.79 Å². The molecule has 5 heteroatoms. The number of amides is 1. The topological polar surface area (TPSA) is 45.2 Å². The molecule has 1 amide bonds. The summed E-state index contributed by atoms with van der Waals surface area (Å²) >= 11 is 1.60. The van der Waals surface area contributed by atoms with Crippen LogP contribution in [0.1, 0.15) is 65.0 Å². The molecule has 4 atom stereocenters. The molecular weight excluding hydrogens is 366 g/mol. The van der Waals surface area contributed by atoms with E-state index in [2.05, 4.69) is 41.4 Å². The molecule has 5 rings (SSSR count). The highest BCUT2D eigenvalue weighted by atomic mass is 32.1. The summed E-state index contributed by atoms with van der Waals surface area (Å²) in [7, 11) is 0. The summed E-state index contributed by atoms with van der Waals surface area (Å²) in [6.07, 6.45) is 6.85. The zero-order chi connectivity index (χ0) is 19.3. The Bertz CT molecular complexity index is 879. The number of thiazole rings is 1. The Morgan fingerprint density at radius 3 is 2.89 bits per heavy atom. The molecule has 3 heterocycles. The molecule has 2 aliphatic heterocycles. The van der Waals surface area contributed by atoms with Crippen molar-refractivity contribution >= 4 is 17.2 Å². The summed E-state index contributed by atoms with van der Waals surface area (Å²) in [5.41, 5.74) is 2.36. The number of rotatable bonds is 3. The van der Waals surface area contributed by atoms with Gasteiger partial charge in [0.15, 0.2) is 0 Å². The van der Waals surface area contributed by atoms with Gasteiger partial charge in [-0.2, -0.15) is 0 Å². The van der Waals surface area contributed by atoms with Crippen LogP contribution < -0.4 is 5.32 Å². The van der Waals surface area contributed by atoms with Crippen molar-refractivity contribution < 1.29 is 4.79 Å². The first-order chi connectivity index (χ1) is 13.6. The number of carbonyl (C=O) groups is 1. The van der Waals surface area contributed by atoms with Crippen LogP contribution in [0.5, 0.6) is 0 Å². The van der Waals surface area contributed by atoms with Crippen LogP contribution in [0.4, 0.5) is 0 Å². The van der Waals surface area contributed by atoms with Gasteiger partial charge in [0.2, 0.25) is 0 Å². The number of aryl methyl sites for hydroxylation is 1. The smallest absolute Gasteiger partial charge is 0.266 e. The lowest BCUT2D eigenvalue weighted by Crippen LogP contribution is -2.51. The number of piperidine rings is 1. The van der Waals surface area contributed by atoms with E-state index in [1.165, 1.54) is 24.8 Å². The van der Waals surface area contributed by atoms with Crippen molar-refractivity contribution in [2.75, 3.05) is 6.54 Å². The van der Waals surface area contributed by atoms with Gasteiger partial charge < -0.3 is 10.2 Å². The van der Waals surface area contributed by atoms with E-state index in [4.69, 9.17) is 4.98 Å². The first kappa shape index (κ1) is 18.3. The van der Waals surface area contributed by atoms with Gasteiger partial charge in [-0.25, -0.2) is 4.98 Å². The second kappa shape index (κ2) is 6.96. The van der Waals surface area contributed by atoms with E-state index in [-0.39, 0.29) is 11.3 Å². The number of carbonyl (C=O) groups excluding carboxylic acids is 1. The minimum atomic E-state index is 0.220. The molecule has 1 saturated carbocycles. The van der Waals surface area contributed by atoms with E-state index in [1.54, 1.807) is 11.3 Å². The first-order valence-corrected chi connectivity index (χ1v) is 11.4. The molecule has 1 aromatic heterocycles. The Balaban J connectivity index is 1.43. The fourth-order valence-electron chi connectivity index (χ4n) is 5.88. The Hall–Kier alpha value is -1.72. The van der Waals surface area contributed by atoms with E-state index < -0.39 is 0 Å². The number of nitrogens with one attached hydrogen (secondary N) is 1. The normalized spacial score (nSPS) is 31.6. The average molecular weight is 396 g/mol. The van der Waals surface area contributed by atoms with E-state index in [1.807, 2.05) is 13.0 Å². The standard InChI is InChI=1S/C23H29N3OS/c1-15-21(28-20(25-15)12-16-8-4-3-5-9-16)22(27)26-17-13-23(2)18(24-14-17)10-6-7-11-19(23)26/h3-5,8-9,17-19,24H,6-7,10-14H2,1-2H3/t17-,18+,19-,23+/m0/s1. The molecule has 3 aliphatic rings. The van der Waals surface area contributed by atoms with Crippen molar-refractivity contribution in [2.45, 2.75) is 70.5 Å². The van der Waals surface area contributed by atoms with Crippen molar-refractivity contribution in [1.29, 1.82) is 0 Å². The first-order valence-electron chi connectivity index (χ1n) is 10.6. The van der Waals surface area contributed by atoms with Crippen LogP contribution in [-0.2, 0) is 6.42 Å². The van der Waals surface area contributed by atoms with Gasteiger partial charge in [0.25, 0.3) is 5.91 Å². The molecule has 2 saturated heterocycles. The van der Waals surface area contributed by atoms with Crippen LogP contribution in [0.15, 0.2) is 30.3 Å². The minimum absolute atomic E-state index is 0.220. The fourth-order valence-corrected chi connectivity index (χ4v) is 6.92. The zero-order valence-electron chi connectivity index (χ0n) is 16.8. The summed E-state index contributed by atoms with van der Waals surface area (Å²) in [4.78, 5) is 21.6. The number of fused-ring (bicyclic) bond motifs is 1. The highest BCUT2D eigenvalue weighted by Gasteiger charge is 2.57. The molecule has 0 radical (unpaired) electrons. The highest BCUT2D eigenvalue weighted by Crippen LogP contribution is 2.51. The van der Waals surface area contributed by atoms with Crippen molar-refractivity contribution in [2.24, 2.45) is 5.41 Å². The second-order valence-electron chi connectivity index (χ2n) is 9.02. The number of aromatic nitrogens is 1. The van der Waals surface area contributed by atoms with Crippen molar-refractivity contribution in [3.8, 4) is 0 Å². The maximum atomic E-state index is 13.7. The van der Waals surface area contributed by atoms with E-state index in [0.717, 1.165) is 41.4 Å². The van der Waals surface area contributed by atoms with E-state index >= 15 is 0 Å². The van der Waals surface area contributed by atoms with Crippen molar-refractivity contribution in [1.82, 2.24) is 15.2 Å². The molecule has 1 aliphatic carbocycles. The molecule has 3 fully saturated rings. The molecule has 148 valence electrons. The molecule has 2 bridgehead atoms. The lowest BCUT2D eigenvalue weighted by Gasteiger charge is -2.39. The van der Waals surface area contributed by atoms with E-state index in [0.29, 0.717) is 18.1 Å². The van der Waals surface area contributed by atoms with Crippen molar-refractivity contribution in [3.63, 3.8) is 0 Å². The van der Waals surface area contributed by atoms with Gasteiger partial charge in [0, 0.05) is 36.5 Å². The molecule has 28 heavy (non-hydrogen) atoms. The zero-order valence-corrected chi connectivity index (χ0v) is 17.6. The number of benzene rings is 1. The molecule has 0 unspecified atom stereocenters. The quantitative estimate of drug-likeness (QED) is 0.848. The monoisotopic (exact) mass is 395 g/mol. The lowest BCUT2D eigenvalue weighted by molar-refractivity contribution is 0.0633. The van der Waals surface area contributed by atoms with Gasteiger partial charge in [-0.1, -0.05) is 50.1 Å². The SMILES string of the molecule is Cc1nc(Cc2ccccc2)sc1C(=O)N1[C@@H]2CN[C@@H]3CCCC[C@H]1[C@]3(C)C2. The third kappa shape index (κ3) is 2.91. The summed E-state index contributed by atoms with van der Waals surface area (Å²) in [5, 5.41) is 4.81. The fraction of sp³-hybridized carbons (Fsp3) is 0.565. The third-order valence-electron chi connectivity index (χ3n) is 7.25. The van der Waals surface area contributed by atoms with Gasteiger partial charge in [0.05, 0.1) is 10.7 Å². The number of nitrogens with zero attached hydrogens (tertiary/aromatic N) is 2. The molecule has 2 aromatic rings. The largest absolute Gasteiger partial charge is 0.330 e. The summed E-state index contributed by atoms with van der Waals surface area (Å²) in [5.74, 6) is 0.220. The molecule has 0 spiro atoms. The van der Waals surface area contributed by atoms with Gasteiger partial charge in [-0.15, -0.1) is 11.3 Å². The van der Waals surface area contributed by atoms with Gasteiger partial charge in [-0.05, 0) is 31.7 Å². The van der Waals surface area contributed by atoms with Crippen LogP contribution in [-0.4, -0.2) is 40.5 Å². The Labute approximate surface area is 171 Å². The lowest BCUT2D eigenvalue weighted by atomic mass is 9.72. The van der Waals surface area contributed by atoms with Crippen LogP contribution >= 0.6 is 11.3 Å². The van der Waals surface area contributed by atoms with Gasteiger partial charge >= 0.3 is 0 Å². The average Bonchev–Trinajstić information content (AvgIpc) is 3.09. The van der Waals surface area contributed by atoms with Crippen LogP contribution in [0.2, 0.25) is 0 Å². The Morgan fingerprint density at radius 2 is 2.07 bits per heavy atom. The molecule has 4 nitrogen and oxygen atoms in total. The number of likely N-dealkylation sites (tertiary alicyclic amines) is 1. The Morgan fingerprint density at radius 1 is 1.29 bits per heavy atom. The molecule has 1 N–H and O–H groups in total. The molecule has 1 aromatic carbocycles. The third-order valence-corrected chi connectivity index (χ3v) is 8.40. The van der Waals surface area contributed by atoms with Crippen LogP contribution in [0.25, 0.3) is 0 Å². The number of hydrogen-bond acceptors (Lipinski definition) is 4. The van der Waals surface area contributed by atoms with Crippen molar-refractivity contribution in [3.05, 3.63) is 51.5 Å². The van der Waals surface area contributed by atoms with Gasteiger partial charge in [0.1, 0.15) is 4.88 Å². The van der Waals surface area contributed by atoms with Crippen LogP contribution in [0, 0.1) is 12.3 Å². The predicted octanol–water partition coefficient (Wildman–Crippen LogP) is 4.18. The predicted molar refractivity (Wildman–Crippen MR) is 113 cm³/mol. The maximum absolute atomic E-state index is 13.7. The van der Waals surface area contributed by atoms with Crippen LogP contribution in [0.3, 0.4) is 0 Å². The molecular formula is C23H29N3OS. The summed E-state index contributed by atoms with van der Waals surface area (Å²) < 4.78 is 0. The summed E-state index contributed by atoms with van der Waals surface area (Å²) in [6.45, 7) is 5.36. The number of hydrogen-bond donors (Lipinski definition) is 1. The summed E-state index contributed by atoms with van der Waals surface area (Å²) in [6, 6.07) is 11.7. The van der Waals surface area contributed by atoms with E-state index in [9.17, 15) is 4.79 Å². The second-order valence-corrected chi connectivity index (χ2v) is 10.1. The maximum Gasteiger partial charge on any atom is 0.266 e. The Kier molecular flexibility index (Phi) is 4.55. The highest BCUT2D eigenvalue weighted by molar-refractivity contribution is 7.13. The minimum Gasteiger partial charge on any atom is -0.330 e.